The Hall–Kier alpha value is -1.60. The molecule has 0 spiro atoms. The lowest BCUT2D eigenvalue weighted by molar-refractivity contribution is 0.430. The molecule has 102 valence electrons. The zero-order valence-corrected chi connectivity index (χ0v) is 11.6. The second kappa shape index (κ2) is 4.82. The van der Waals surface area contributed by atoms with E-state index in [9.17, 15) is 12.8 Å². The van der Waals surface area contributed by atoms with Crippen molar-refractivity contribution in [3.05, 3.63) is 40.3 Å². The largest absolute Gasteiger partial charge is 0.337 e. The van der Waals surface area contributed by atoms with Gasteiger partial charge in [-0.15, -0.1) is 0 Å². The molecule has 0 saturated carbocycles. The molecule has 0 radical (unpaired) electrons. The van der Waals surface area contributed by atoms with Gasteiger partial charge in [-0.3, -0.25) is 0 Å². The van der Waals surface area contributed by atoms with Crippen molar-refractivity contribution in [2.24, 2.45) is 0 Å². The Labute approximate surface area is 114 Å². The van der Waals surface area contributed by atoms with E-state index < -0.39 is 20.7 Å². The summed E-state index contributed by atoms with van der Waals surface area (Å²) in [6, 6.07) is 3.27. The van der Waals surface area contributed by atoms with E-state index in [4.69, 9.17) is 16.1 Å². The van der Waals surface area contributed by atoms with Crippen molar-refractivity contribution in [3.8, 4) is 0 Å². The van der Waals surface area contributed by atoms with E-state index in [1.54, 1.807) is 13.8 Å². The quantitative estimate of drug-likeness (QED) is 0.946. The first-order chi connectivity index (χ1) is 8.81. The minimum atomic E-state index is -4.12. The lowest BCUT2D eigenvalue weighted by Crippen LogP contribution is -2.14. The Morgan fingerprint density at radius 1 is 1.37 bits per heavy atom. The number of hydrogen-bond acceptors (Lipinski definition) is 4. The van der Waals surface area contributed by atoms with Crippen LogP contribution in [0, 0.1) is 19.7 Å². The summed E-state index contributed by atoms with van der Waals surface area (Å²) in [6.45, 7) is 3.30. The molecule has 5 nitrogen and oxygen atoms in total. The van der Waals surface area contributed by atoms with E-state index in [0.29, 0.717) is 11.3 Å². The standard InChI is InChI=1S/C11H10ClFN2O3S/c1-6-7(2)14-18-11(6)15-19(16,17)10-5-8(12)3-4-9(10)13/h3-5,15H,1-2H3. The molecule has 1 aromatic carbocycles. The molecule has 0 saturated heterocycles. The molecule has 0 aliphatic heterocycles. The molecule has 0 unspecified atom stereocenters. The van der Waals surface area contributed by atoms with Crippen LogP contribution in [0.1, 0.15) is 11.3 Å². The van der Waals surface area contributed by atoms with Gasteiger partial charge < -0.3 is 4.52 Å². The van der Waals surface area contributed by atoms with Gasteiger partial charge in [0.05, 0.1) is 5.69 Å². The first kappa shape index (κ1) is 13.8. The van der Waals surface area contributed by atoms with Gasteiger partial charge in [-0.2, -0.15) is 0 Å². The normalized spacial score (nSPS) is 11.6. The maximum Gasteiger partial charge on any atom is 0.267 e. The molecule has 2 rings (SSSR count). The Bertz CT molecular complexity index is 728. The minimum absolute atomic E-state index is 0.0446. The topological polar surface area (TPSA) is 72.2 Å². The number of benzene rings is 1. The van der Waals surface area contributed by atoms with Gasteiger partial charge in [-0.1, -0.05) is 16.8 Å². The number of rotatable bonds is 3. The summed E-state index contributed by atoms with van der Waals surface area (Å²) >= 11 is 5.67. The van der Waals surface area contributed by atoms with Crippen molar-refractivity contribution in [1.82, 2.24) is 5.16 Å². The molecule has 0 aliphatic rings. The molecule has 0 aliphatic carbocycles. The van der Waals surface area contributed by atoms with Gasteiger partial charge in [-0.05, 0) is 32.0 Å². The smallest absolute Gasteiger partial charge is 0.267 e. The molecule has 8 heteroatoms. The van der Waals surface area contributed by atoms with Gasteiger partial charge in [0.15, 0.2) is 0 Å². The number of aryl methyl sites for hydroxylation is 1. The number of nitrogens with one attached hydrogen (secondary N) is 1. The Morgan fingerprint density at radius 3 is 2.63 bits per heavy atom. The van der Waals surface area contributed by atoms with E-state index in [0.717, 1.165) is 12.1 Å². The van der Waals surface area contributed by atoms with Gasteiger partial charge in [-0.25, -0.2) is 17.5 Å². The highest BCUT2D eigenvalue weighted by atomic mass is 35.5. The van der Waals surface area contributed by atoms with Crippen LogP contribution in [0.15, 0.2) is 27.6 Å². The van der Waals surface area contributed by atoms with E-state index in [1.165, 1.54) is 6.07 Å². The molecule has 0 fully saturated rings. The first-order valence-corrected chi connectivity index (χ1v) is 7.08. The zero-order valence-electron chi connectivity index (χ0n) is 10.1. The molecule has 2 aromatic rings. The van der Waals surface area contributed by atoms with Crippen molar-refractivity contribution in [1.29, 1.82) is 0 Å². The van der Waals surface area contributed by atoms with Crippen LogP contribution in [-0.2, 0) is 10.0 Å². The fourth-order valence-electron chi connectivity index (χ4n) is 1.37. The molecule has 1 aromatic heterocycles. The number of nitrogens with zero attached hydrogens (tertiary/aromatic N) is 1. The third kappa shape index (κ3) is 2.71. The summed E-state index contributed by atoms with van der Waals surface area (Å²) < 4.78 is 44.6. The SMILES string of the molecule is Cc1noc(NS(=O)(=O)c2cc(Cl)ccc2F)c1C. The van der Waals surface area contributed by atoms with E-state index >= 15 is 0 Å². The predicted octanol–water partition coefficient (Wildman–Crippen LogP) is 2.88. The van der Waals surface area contributed by atoms with Gasteiger partial charge in [0.1, 0.15) is 10.7 Å². The van der Waals surface area contributed by atoms with E-state index in [-0.39, 0.29) is 10.9 Å². The highest BCUT2D eigenvalue weighted by molar-refractivity contribution is 7.92. The summed E-state index contributed by atoms with van der Waals surface area (Å²) in [6.07, 6.45) is 0. The van der Waals surface area contributed by atoms with Crippen molar-refractivity contribution >= 4 is 27.5 Å². The molecule has 19 heavy (non-hydrogen) atoms. The van der Waals surface area contributed by atoms with Crippen molar-refractivity contribution in [3.63, 3.8) is 0 Å². The van der Waals surface area contributed by atoms with Crippen LogP contribution in [0.4, 0.5) is 10.3 Å². The number of hydrogen-bond donors (Lipinski definition) is 1. The fraction of sp³-hybridized carbons (Fsp3) is 0.182. The third-order valence-electron chi connectivity index (χ3n) is 2.57. The number of aromatic nitrogens is 1. The van der Waals surface area contributed by atoms with Gasteiger partial charge in [0.25, 0.3) is 10.0 Å². The third-order valence-corrected chi connectivity index (χ3v) is 4.15. The zero-order chi connectivity index (χ0) is 14.2. The molecular formula is C11H10ClFN2O3S. The van der Waals surface area contributed by atoms with Crippen molar-refractivity contribution < 1.29 is 17.3 Å². The second-order valence-corrected chi connectivity index (χ2v) is 5.99. The Morgan fingerprint density at radius 2 is 2.05 bits per heavy atom. The summed E-state index contributed by atoms with van der Waals surface area (Å²) in [4.78, 5) is -0.548. The highest BCUT2D eigenvalue weighted by Crippen LogP contribution is 2.24. The highest BCUT2D eigenvalue weighted by Gasteiger charge is 2.22. The minimum Gasteiger partial charge on any atom is -0.337 e. The van der Waals surface area contributed by atoms with Crippen molar-refractivity contribution in [2.75, 3.05) is 4.72 Å². The van der Waals surface area contributed by atoms with E-state index in [1.807, 2.05) is 0 Å². The van der Waals surface area contributed by atoms with Gasteiger partial charge >= 0.3 is 0 Å². The number of halogens is 2. The molecule has 0 atom stereocenters. The monoisotopic (exact) mass is 304 g/mol. The summed E-state index contributed by atoms with van der Waals surface area (Å²) in [5.74, 6) is -0.942. The Balaban J connectivity index is 2.43. The van der Waals surface area contributed by atoms with Crippen LogP contribution in [0.5, 0.6) is 0 Å². The van der Waals surface area contributed by atoms with Crippen LogP contribution in [0.2, 0.25) is 5.02 Å². The van der Waals surface area contributed by atoms with Crippen molar-refractivity contribution in [2.45, 2.75) is 18.7 Å². The molecule has 1 heterocycles. The lowest BCUT2D eigenvalue weighted by atomic mass is 10.3. The molecule has 1 N–H and O–H groups in total. The predicted molar refractivity (Wildman–Crippen MR) is 68.2 cm³/mol. The van der Waals surface area contributed by atoms with Crippen LogP contribution in [0.3, 0.4) is 0 Å². The maximum atomic E-state index is 13.5. The summed E-state index contributed by atoms with van der Waals surface area (Å²) in [7, 11) is -4.12. The van der Waals surface area contributed by atoms with Gasteiger partial charge in [0, 0.05) is 10.6 Å². The molecular weight excluding hydrogens is 295 g/mol. The molecule has 0 bridgehead atoms. The molecule has 0 amide bonds. The Kier molecular flexibility index (Phi) is 3.51. The average molecular weight is 305 g/mol. The number of sulfonamides is 1. The van der Waals surface area contributed by atoms with Crippen LogP contribution < -0.4 is 4.72 Å². The van der Waals surface area contributed by atoms with Crippen LogP contribution in [-0.4, -0.2) is 13.6 Å². The average Bonchev–Trinajstić information content (AvgIpc) is 2.63. The lowest BCUT2D eigenvalue weighted by Gasteiger charge is -2.07. The van der Waals surface area contributed by atoms with E-state index in [2.05, 4.69) is 9.88 Å². The van der Waals surface area contributed by atoms with Gasteiger partial charge in [0.2, 0.25) is 5.88 Å². The second-order valence-electron chi connectivity index (χ2n) is 3.90. The fourth-order valence-corrected chi connectivity index (χ4v) is 2.76. The summed E-state index contributed by atoms with van der Waals surface area (Å²) in [5, 5.41) is 3.73. The maximum absolute atomic E-state index is 13.5. The summed E-state index contributed by atoms with van der Waals surface area (Å²) in [5.41, 5.74) is 1.08. The number of anilines is 1. The van der Waals surface area contributed by atoms with Crippen LogP contribution in [0.25, 0.3) is 0 Å². The first-order valence-electron chi connectivity index (χ1n) is 5.22. The van der Waals surface area contributed by atoms with Crippen LogP contribution >= 0.6 is 11.6 Å².